The van der Waals surface area contributed by atoms with Crippen LogP contribution in [0.3, 0.4) is 0 Å². The number of hydrogen-bond acceptors (Lipinski definition) is 4. The number of benzene rings is 1. The van der Waals surface area contributed by atoms with Gasteiger partial charge in [-0.2, -0.15) is 0 Å². The first-order chi connectivity index (χ1) is 12.3. The van der Waals surface area contributed by atoms with E-state index in [1.54, 1.807) is 31.2 Å². The number of rotatable bonds is 7. The normalized spacial score (nSPS) is 21.0. The number of likely N-dealkylation sites (tertiary alicyclic amines) is 1. The SMILES string of the molecule is CCCC(=O)Nc1ccc(C[C@@H](C(C)=O)N2C(=O)C(C)C(I)C2=O)cc1. The van der Waals surface area contributed by atoms with Gasteiger partial charge in [-0.1, -0.05) is 48.6 Å². The molecule has 0 aromatic heterocycles. The zero-order valence-corrected chi connectivity index (χ0v) is 17.3. The molecular weight excluding hydrogens is 447 g/mol. The monoisotopic (exact) mass is 470 g/mol. The fraction of sp³-hybridized carbons (Fsp3) is 0.474. The van der Waals surface area contributed by atoms with Crippen molar-refractivity contribution in [1.82, 2.24) is 4.90 Å². The molecular formula is C19H23IN2O4. The van der Waals surface area contributed by atoms with Crippen molar-refractivity contribution in [2.45, 2.75) is 50.0 Å². The summed E-state index contributed by atoms with van der Waals surface area (Å²) in [6, 6.07) is 6.33. The Labute approximate surface area is 166 Å². The first kappa shape index (κ1) is 20.5. The number of carbonyl (C=O) groups is 4. The van der Waals surface area contributed by atoms with E-state index in [2.05, 4.69) is 5.32 Å². The lowest BCUT2D eigenvalue weighted by Gasteiger charge is -2.24. The number of nitrogens with zero attached hydrogens (tertiary/aromatic N) is 1. The maximum absolute atomic E-state index is 12.4. The van der Waals surface area contributed by atoms with Crippen LogP contribution in [0.4, 0.5) is 5.69 Å². The molecule has 0 spiro atoms. The van der Waals surface area contributed by atoms with Gasteiger partial charge in [0.2, 0.25) is 17.7 Å². The quantitative estimate of drug-likeness (QED) is 0.378. The van der Waals surface area contributed by atoms with Gasteiger partial charge in [0.25, 0.3) is 0 Å². The summed E-state index contributed by atoms with van der Waals surface area (Å²) in [5.74, 6) is -1.27. The molecule has 1 aliphatic heterocycles. The summed E-state index contributed by atoms with van der Waals surface area (Å²) >= 11 is 1.96. The molecule has 1 aromatic rings. The minimum absolute atomic E-state index is 0.0443. The number of ketones is 1. The molecule has 7 heteroatoms. The highest BCUT2D eigenvalue weighted by atomic mass is 127. The molecule has 1 N–H and O–H groups in total. The van der Waals surface area contributed by atoms with Crippen molar-refractivity contribution < 1.29 is 19.2 Å². The smallest absolute Gasteiger partial charge is 0.243 e. The first-order valence-electron chi connectivity index (χ1n) is 8.66. The molecule has 1 fully saturated rings. The number of amides is 3. The summed E-state index contributed by atoms with van der Waals surface area (Å²) in [5, 5.41) is 2.80. The van der Waals surface area contributed by atoms with Crippen molar-refractivity contribution in [3.8, 4) is 0 Å². The van der Waals surface area contributed by atoms with Crippen LogP contribution in [0.2, 0.25) is 0 Å². The molecule has 1 heterocycles. The van der Waals surface area contributed by atoms with Crippen LogP contribution >= 0.6 is 22.6 Å². The van der Waals surface area contributed by atoms with Gasteiger partial charge in [-0.25, -0.2) is 0 Å². The van der Waals surface area contributed by atoms with Gasteiger partial charge >= 0.3 is 0 Å². The predicted octanol–water partition coefficient (Wildman–Crippen LogP) is 2.73. The molecule has 3 atom stereocenters. The molecule has 140 valence electrons. The number of alkyl halides is 1. The minimum Gasteiger partial charge on any atom is -0.326 e. The van der Waals surface area contributed by atoms with Crippen molar-refractivity contribution in [2.24, 2.45) is 5.92 Å². The Morgan fingerprint density at radius 3 is 2.27 bits per heavy atom. The lowest BCUT2D eigenvalue weighted by atomic mass is 10.0. The number of halogens is 1. The highest BCUT2D eigenvalue weighted by Gasteiger charge is 2.47. The average molecular weight is 470 g/mol. The van der Waals surface area contributed by atoms with Gasteiger partial charge in [0.15, 0.2) is 5.78 Å². The second-order valence-corrected chi connectivity index (χ2v) is 7.90. The standard InChI is InChI=1S/C19H23IN2O4/c1-4-5-16(24)21-14-8-6-13(7-9-14)10-15(12(3)23)22-18(25)11(2)17(20)19(22)26/h6-9,11,15,17H,4-5,10H2,1-3H3,(H,21,24)/t11?,15-,17?/m0/s1. The van der Waals surface area contributed by atoms with Gasteiger partial charge in [-0.3, -0.25) is 24.1 Å². The Hall–Kier alpha value is -1.77. The van der Waals surface area contributed by atoms with Crippen LogP contribution in [0.25, 0.3) is 0 Å². The lowest BCUT2D eigenvalue weighted by molar-refractivity contribution is -0.146. The third-order valence-electron chi connectivity index (χ3n) is 4.46. The maximum Gasteiger partial charge on any atom is 0.243 e. The van der Waals surface area contributed by atoms with E-state index < -0.39 is 15.9 Å². The third-order valence-corrected chi connectivity index (χ3v) is 6.08. The fourth-order valence-electron chi connectivity index (χ4n) is 2.92. The molecule has 2 unspecified atom stereocenters. The van der Waals surface area contributed by atoms with Crippen LogP contribution in [-0.4, -0.2) is 38.4 Å². The van der Waals surface area contributed by atoms with Crippen LogP contribution in [0, 0.1) is 5.92 Å². The van der Waals surface area contributed by atoms with Gasteiger partial charge in [0, 0.05) is 18.5 Å². The van der Waals surface area contributed by atoms with Crippen LogP contribution in [-0.2, 0) is 25.6 Å². The summed E-state index contributed by atoms with van der Waals surface area (Å²) in [6.45, 7) is 5.05. The highest BCUT2D eigenvalue weighted by molar-refractivity contribution is 14.1. The van der Waals surface area contributed by atoms with E-state index in [4.69, 9.17) is 0 Å². The van der Waals surface area contributed by atoms with Gasteiger partial charge in [0.05, 0.1) is 5.92 Å². The number of hydrogen-bond donors (Lipinski definition) is 1. The molecule has 2 rings (SSSR count). The van der Waals surface area contributed by atoms with Crippen molar-refractivity contribution in [1.29, 1.82) is 0 Å². The van der Waals surface area contributed by atoms with E-state index in [-0.39, 0.29) is 29.9 Å². The van der Waals surface area contributed by atoms with Crippen LogP contribution < -0.4 is 5.32 Å². The van der Waals surface area contributed by atoms with Gasteiger partial charge < -0.3 is 5.32 Å². The number of carbonyl (C=O) groups excluding carboxylic acids is 4. The highest BCUT2D eigenvalue weighted by Crippen LogP contribution is 2.29. The number of imide groups is 1. The van der Waals surface area contributed by atoms with E-state index in [1.807, 2.05) is 29.5 Å². The molecule has 0 bridgehead atoms. The van der Waals surface area contributed by atoms with Crippen LogP contribution in [0.1, 0.15) is 39.2 Å². The minimum atomic E-state index is -0.794. The molecule has 6 nitrogen and oxygen atoms in total. The first-order valence-corrected chi connectivity index (χ1v) is 9.91. The van der Waals surface area contributed by atoms with Crippen LogP contribution in [0.15, 0.2) is 24.3 Å². The average Bonchev–Trinajstić information content (AvgIpc) is 2.78. The Morgan fingerprint density at radius 2 is 1.81 bits per heavy atom. The Morgan fingerprint density at radius 1 is 1.19 bits per heavy atom. The zero-order valence-electron chi connectivity index (χ0n) is 15.1. The maximum atomic E-state index is 12.4. The molecule has 0 radical (unpaired) electrons. The Kier molecular flexibility index (Phi) is 6.91. The number of nitrogens with one attached hydrogen (secondary N) is 1. The van der Waals surface area contributed by atoms with E-state index in [0.717, 1.165) is 16.9 Å². The van der Waals surface area contributed by atoms with E-state index in [0.29, 0.717) is 12.1 Å². The van der Waals surface area contributed by atoms with Crippen molar-refractivity contribution in [3.05, 3.63) is 29.8 Å². The molecule has 1 aromatic carbocycles. The number of Topliss-reactive ketones (excluding diaryl/α,β-unsaturated/α-hetero) is 1. The van der Waals surface area contributed by atoms with E-state index in [9.17, 15) is 19.2 Å². The van der Waals surface area contributed by atoms with E-state index in [1.165, 1.54) is 6.92 Å². The summed E-state index contributed by atoms with van der Waals surface area (Å²) in [4.78, 5) is 49.7. The van der Waals surface area contributed by atoms with Gasteiger partial charge in [-0.05, 0) is 31.0 Å². The van der Waals surface area contributed by atoms with Gasteiger partial charge in [0.1, 0.15) is 9.97 Å². The molecule has 0 aliphatic carbocycles. The molecule has 26 heavy (non-hydrogen) atoms. The molecule has 0 saturated carbocycles. The second kappa shape index (κ2) is 8.75. The van der Waals surface area contributed by atoms with Crippen LogP contribution in [0.5, 0.6) is 0 Å². The van der Waals surface area contributed by atoms with Gasteiger partial charge in [-0.15, -0.1) is 0 Å². The molecule has 1 aliphatic rings. The van der Waals surface area contributed by atoms with Crippen molar-refractivity contribution >= 4 is 51.8 Å². The predicted molar refractivity (Wildman–Crippen MR) is 107 cm³/mol. The lowest BCUT2D eigenvalue weighted by Crippen LogP contribution is -2.46. The number of anilines is 1. The summed E-state index contributed by atoms with van der Waals surface area (Å²) in [6.07, 6.45) is 1.51. The largest absolute Gasteiger partial charge is 0.326 e. The molecule has 1 saturated heterocycles. The summed E-state index contributed by atoms with van der Waals surface area (Å²) in [7, 11) is 0. The van der Waals surface area contributed by atoms with Crippen molar-refractivity contribution in [2.75, 3.05) is 5.32 Å². The Bertz CT molecular complexity index is 697. The third kappa shape index (κ3) is 4.49. The summed E-state index contributed by atoms with van der Waals surface area (Å²) < 4.78 is -0.432. The topological polar surface area (TPSA) is 83.6 Å². The fourth-order valence-corrected chi connectivity index (χ4v) is 3.53. The molecule has 3 amide bonds. The van der Waals surface area contributed by atoms with Crippen molar-refractivity contribution in [3.63, 3.8) is 0 Å². The summed E-state index contributed by atoms with van der Waals surface area (Å²) in [5.41, 5.74) is 1.50. The van der Waals surface area contributed by atoms with E-state index >= 15 is 0 Å². The second-order valence-electron chi connectivity index (χ2n) is 6.56. The Balaban J connectivity index is 2.13. The zero-order chi connectivity index (χ0) is 19.4.